The second-order valence-electron chi connectivity index (χ2n) is 4.90. The molecule has 0 bridgehead atoms. The summed E-state index contributed by atoms with van der Waals surface area (Å²) in [5.74, 6) is 2.86. The fourth-order valence-electron chi connectivity index (χ4n) is 3.42. The maximum atomic E-state index is 5.29. The molecule has 1 nitrogen and oxygen atoms in total. The standard InChI is InChI=1S/C14H18O/c1-15-12-7-8-14-11(9-12)6-5-10-3-2-4-13(10)14/h7-10,13H,2-6H2,1H3/t10-,13-/m1/s1. The average Bonchev–Trinajstić information content (AvgIpc) is 2.76. The van der Waals surface area contributed by atoms with Crippen molar-refractivity contribution in [3.63, 3.8) is 0 Å². The van der Waals surface area contributed by atoms with Crippen molar-refractivity contribution in [1.29, 1.82) is 0 Å². The van der Waals surface area contributed by atoms with Crippen molar-refractivity contribution >= 4 is 0 Å². The van der Waals surface area contributed by atoms with Crippen molar-refractivity contribution in [2.75, 3.05) is 7.11 Å². The smallest absolute Gasteiger partial charge is 0.119 e. The first-order chi connectivity index (χ1) is 7.38. The molecule has 1 heteroatoms. The van der Waals surface area contributed by atoms with Crippen LogP contribution in [0.3, 0.4) is 0 Å². The van der Waals surface area contributed by atoms with Crippen molar-refractivity contribution in [3.8, 4) is 5.75 Å². The third kappa shape index (κ3) is 1.45. The van der Waals surface area contributed by atoms with Crippen LogP contribution in [0.15, 0.2) is 18.2 Å². The van der Waals surface area contributed by atoms with Gasteiger partial charge in [-0.05, 0) is 60.8 Å². The Balaban J connectivity index is 2.00. The molecule has 0 unspecified atom stereocenters. The van der Waals surface area contributed by atoms with E-state index in [1.54, 1.807) is 12.7 Å². The maximum Gasteiger partial charge on any atom is 0.119 e. The van der Waals surface area contributed by atoms with E-state index in [0.29, 0.717) is 0 Å². The Kier molecular flexibility index (Phi) is 2.19. The molecule has 2 aliphatic carbocycles. The lowest BCUT2D eigenvalue weighted by atomic mass is 9.77. The molecule has 0 spiro atoms. The van der Waals surface area contributed by atoms with Gasteiger partial charge in [-0.25, -0.2) is 0 Å². The fraction of sp³-hybridized carbons (Fsp3) is 0.571. The zero-order valence-electron chi connectivity index (χ0n) is 9.33. The second kappa shape index (κ2) is 3.55. The number of benzene rings is 1. The van der Waals surface area contributed by atoms with Crippen LogP contribution in [0.2, 0.25) is 0 Å². The maximum absolute atomic E-state index is 5.29. The molecule has 0 radical (unpaired) electrons. The third-order valence-corrected chi connectivity index (χ3v) is 4.19. The summed E-state index contributed by atoms with van der Waals surface area (Å²) >= 11 is 0. The molecule has 0 amide bonds. The highest BCUT2D eigenvalue weighted by Gasteiger charge is 2.33. The van der Waals surface area contributed by atoms with Gasteiger partial charge in [0.15, 0.2) is 0 Å². The number of hydrogen-bond acceptors (Lipinski definition) is 1. The molecule has 1 fully saturated rings. The van der Waals surface area contributed by atoms with Crippen LogP contribution in [-0.2, 0) is 6.42 Å². The average molecular weight is 202 g/mol. The number of rotatable bonds is 1. The second-order valence-corrected chi connectivity index (χ2v) is 4.90. The van der Waals surface area contributed by atoms with Gasteiger partial charge in [0, 0.05) is 0 Å². The minimum absolute atomic E-state index is 0.861. The van der Waals surface area contributed by atoms with E-state index in [4.69, 9.17) is 4.74 Å². The number of aryl methyl sites for hydroxylation is 1. The summed E-state index contributed by atoms with van der Waals surface area (Å²) in [5, 5.41) is 0. The zero-order chi connectivity index (χ0) is 10.3. The molecule has 0 N–H and O–H groups in total. The summed E-state index contributed by atoms with van der Waals surface area (Å²) in [7, 11) is 1.75. The topological polar surface area (TPSA) is 9.23 Å². The van der Waals surface area contributed by atoms with Crippen LogP contribution in [0.25, 0.3) is 0 Å². The largest absolute Gasteiger partial charge is 0.497 e. The van der Waals surface area contributed by atoms with Gasteiger partial charge in [-0.1, -0.05) is 12.5 Å². The normalized spacial score (nSPS) is 28.3. The molecule has 15 heavy (non-hydrogen) atoms. The summed E-state index contributed by atoms with van der Waals surface area (Å²) in [6, 6.07) is 6.67. The van der Waals surface area contributed by atoms with E-state index in [0.717, 1.165) is 17.6 Å². The summed E-state index contributed by atoms with van der Waals surface area (Å²) < 4.78 is 5.29. The lowest BCUT2D eigenvalue weighted by Crippen LogP contribution is -2.15. The predicted octanol–water partition coefficient (Wildman–Crippen LogP) is 3.53. The molecular weight excluding hydrogens is 184 g/mol. The van der Waals surface area contributed by atoms with E-state index in [1.807, 2.05) is 0 Å². The van der Waals surface area contributed by atoms with Gasteiger partial charge in [0.1, 0.15) is 5.75 Å². The molecule has 2 atom stereocenters. The Labute approximate surface area is 91.5 Å². The Bertz CT molecular complexity index is 370. The summed E-state index contributed by atoms with van der Waals surface area (Å²) in [5.41, 5.74) is 3.15. The quantitative estimate of drug-likeness (QED) is 0.677. The monoisotopic (exact) mass is 202 g/mol. The highest BCUT2D eigenvalue weighted by atomic mass is 16.5. The number of hydrogen-bond donors (Lipinski definition) is 0. The zero-order valence-corrected chi connectivity index (χ0v) is 9.33. The van der Waals surface area contributed by atoms with Gasteiger partial charge in [0.25, 0.3) is 0 Å². The highest BCUT2D eigenvalue weighted by Crippen LogP contribution is 2.47. The molecule has 2 aliphatic rings. The van der Waals surface area contributed by atoms with Crippen LogP contribution in [0.1, 0.15) is 42.7 Å². The molecule has 80 valence electrons. The molecule has 0 heterocycles. The number of ether oxygens (including phenoxy) is 1. The Hall–Kier alpha value is -0.980. The van der Waals surface area contributed by atoms with E-state index >= 15 is 0 Å². The molecule has 0 aromatic heterocycles. The van der Waals surface area contributed by atoms with Crippen molar-refractivity contribution in [3.05, 3.63) is 29.3 Å². The SMILES string of the molecule is COc1ccc2c(c1)CC[C@H]1CCC[C@@H]21. The number of methoxy groups -OCH3 is 1. The Morgan fingerprint density at radius 1 is 1.20 bits per heavy atom. The highest BCUT2D eigenvalue weighted by molar-refractivity contribution is 5.40. The third-order valence-electron chi connectivity index (χ3n) is 4.19. The van der Waals surface area contributed by atoms with Crippen molar-refractivity contribution in [2.24, 2.45) is 5.92 Å². The van der Waals surface area contributed by atoms with Crippen LogP contribution in [-0.4, -0.2) is 7.11 Å². The van der Waals surface area contributed by atoms with Gasteiger partial charge in [-0.3, -0.25) is 0 Å². The Morgan fingerprint density at radius 2 is 2.13 bits per heavy atom. The summed E-state index contributed by atoms with van der Waals surface area (Å²) in [6.45, 7) is 0. The van der Waals surface area contributed by atoms with Crippen LogP contribution in [0, 0.1) is 5.92 Å². The van der Waals surface area contributed by atoms with E-state index < -0.39 is 0 Å². The first kappa shape index (κ1) is 9.26. The van der Waals surface area contributed by atoms with Gasteiger partial charge in [-0.2, -0.15) is 0 Å². The first-order valence-corrected chi connectivity index (χ1v) is 6.05. The van der Waals surface area contributed by atoms with Gasteiger partial charge in [-0.15, -0.1) is 0 Å². The van der Waals surface area contributed by atoms with E-state index in [-0.39, 0.29) is 0 Å². The lowest BCUT2D eigenvalue weighted by molar-refractivity contribution is 0.404. The molecule has 1 saturated carbocycles. The van der Waals surface area contributed by atoms with Gasteiger partial charge >= 0.3 is 0 Å². The van der Waals surface area contributed by atoms with Crippen LogP contribution in [0.5, 0.6) is 5.75 Å². The van der Waals surface area contributed by atoms with Crippen molar-refractivity contribution < 1.29 is 4.74 Å². The van der Waals surface area contributed by atoms with Crippen LogP contribution < -0.4 is 4.74 Å². The first-order valence-electron chi connectivity index (χ1n) is 6.05. The molecule has 3 rings (SSSR count). The number of fused-ring (bicyclic) bond motifs is 3. The predicted molar refractivity (Wildman–Crippen MR) is 61.4 cm³/mol. The lowest BCUT2D eigenvalue weighted by Gasteiger charge is -2.28. The van der Waals surface area contributed by atoms with Crippen molar-refractivity contribution in [2.45, 2.75) is 38.0 Å². The van der Waals surface area contributed by atoms with E-state index in [9.17, 15) is 0 Å². The molecular formula is C14H18O. The molecule has 1 aromatic carbocycles. The van der Waals surface area contributed by atoms with E-state index in [1.165, 1.54) is 37.7 Å². The Morgan fingerprint density at radius 3 is 3.00 bits per heavy atom. The van der Waals surface area contributed by atoms with E-state index in [2.05, 4.69) is 18.2 Å². The van der Waals surface area contributed by atoms with Gasteiger partial charge in [0.2, 0.25) is 0 Å². The van der Waals surface area contributed by atoms with Crippen molar-refractivity contribution in [1.82, 2.24) is 0 Å². The van der Waals surface area contributed by atoms with Gasteiger partial charge < -0.3 is 4.74 Å². The van der Waals surface area contributed by atoms with Gasteiger partial charge in [0.05, 0.1) is 7.11 Å². The molecule has 0 saturated heterocycles. The minimum Gasteiger partial charge on any atom is -0.497 e. The summed E-state index contributed by atoms with van der Waals surface area (Å²) in [6.07, 6.45) is 6.94. The minimum atomic E-state index is 0.861. The fourth-order valence-corrected chi connectivity index (χ4v) is 3.42. The molecule has 0 aliphatic heterocycles. The summed E-state index contributed by atoms with van der Waals surface area (Å²) in [4.78, 5) is 0. The van der Waals surface area contributed by atoms with Crippen LogP contribution >= 0.6 is 0 Å². The molecule has 1 aromatic rings. The van der Waals surface area contributed by atoms with Crippen LogP contribution in [0.4, 0.5) is 0 Å².